The van der Waals surface area contributed by atoms with E-state index in [1.54, 1.807) is 20.9 Å². The molecule has 0 spiro atoms. The monoisotopic (exact) mass is 317 g/mol. The number of amides is 1. The molecule has 0 aliphatic rings. The van der Waals surface area contributed by atoms with Crippen molar-refractivity contribution >= 4 is 20.5 Å². The Labute approximate surface area is 130 Å². The second-order valence-electron chi connectivity index (χ2n) is 7.14. The quantitative estimate of drug-likeness (QED) is 0.411. The molecule has 0 rings (SSSR count). The first kappa shape index (κ1) is 20.3. The fourth-order valence-corrected chi connectivity index (χ4v) is 3.23. The van der Waals surface area contributed by atoms with E-state index in [4.69, 9.17) is 9.26 Å². The summed E-state index contributed by atoms with van der Waals surface area (Å²) < 4.78 is 6.34. The van der Waals surface area contributed by atoms with Crippen molar-refractivity contribution in [3.05, 3.63) is 0 Å². The molecule has 3 atom stereocenters. The van der Waals surface area contributed by atoms with Crippen LogP contribution in [-0.4, -0.2) is 45.8 Å². The van der Waals surface area contributed by atoms with Crippen LogP contribution in [0, 0.1) is 11.8 Å². The zero-order chi connectivity index (χ0) is 17.0. The van der Waals surface area contributed by atoms with Crippen LogP contribution in [0.4, 0.5) is 0 Å². The zero-order valence-corrected chi connectivity index (χ0v) is 15.9. The van der Waals surface area contributed by atoms with Crippen LogP contribution in [0.15, 0.2) is 0 Å². The second kappa shape index (κ2) is 7.51. The molecule has 1 amide bonds. The van der Waals surface area contributed by atoms with Gasteiger partial charge in [0, 0.05) is 13.0 Å². The molecule has 0 unspecified atom stereocenters. The van der Waals surface area contributed by atoms with Gasteiger partial charge in [-0.3, -0.25) is 9.63 Å². The van der Waals surface area contributed by atoms with E-state index in [0.717, 1.165) is 6.29 Å². The van der Waals surface area contributed by atoms with Gasteiger partial charge >= 0.3 is 0 Å². The normalized spacial score (nSPS) is 17.0. The SMILES string of the molecule is CON(C)C(=O)[C@@H](C)[C@H](O[Si](C)(C)C(C)(C)C)[C@H](C)C=O. The van der Waals surface area contributed by atoms with E-state index in [1.165, 1.54) is 12.2 Å². The van der Waals surface area contributed by atoms with Crippen LogP contribution in [0.25, 0.3) is 0 Å². The minimum atomic E-state index is -2.07. The number of hydrogen-bond acceptors (Lipinski definition) is 4. The predicted molar refractivity (Wildman–Crippen MR) is 86.2 cm³/mol. The summed E-state index contributed by atoms with van der Waals surface area (Å²) in [6, 6.07) is 0. The molecule has 0 bridgehead atoms. The molecule has 0 aliphatic carbocycles. The average molecular weight is 318 g/mol. The van der Waals surface area contributed by atoms with Gasteiger partial charge in [0.1, 0.15) is 6.29 Å². The molecule has 0 saturated carbocycles. The Morgan fingerprint density at radius 3 is 2.05 bits per heavy atom. The Morgan fingerprint density at radius 2 is 1.71 bits per heavy atom. The minimum absolute atomic E-state index is 0.0176. The Bertz CT molecular complexity index is 365. The minimum Gasteiger partial charge on any atom is -0.412 e. The summed E-state index contributed by atoms with van der Waals surface area (Å²) in [4.78, 5) is 28.5. The molecule has 0 aromatic rings. The maximum Gasteiger partial charge on any atom is 0.251 e. The standard InChI is InChI=1S/C15H31NO4Si/c1-11(10-17)13(12(2)14(18)16(6)19-7)20-21(8,9)15(3,4)5/h10-13H,1-9H3/t11-,12+,13-/m1/s1. The van der Waals surface area contributed by atoms with Gasteiger partial charge in [-0.1, -0.05) is 34.6 Å². The molecule has 0 aromatic heterocycles. The molecular weight excluding hydrogens is 286 g/mol. The van der Waals surface area contributed by atoms with Crippen LogP contribution in [0.5, 0.6) is 0 Å². The highest BCUT2D eigenvalue weighted by Gasteiger charge is 2.43. The highest BCUT2D eigenvalue weighted by molar-refractivity contribution is 6.74. The third-order valence-electron chi connectivity index (χ3n) is 4.44. The number of aldehydes is 1. The maximum atomic E-state index is 12.3. The molecule has 0 heterocycles. The van der Waals surface area contributed by atoms with E-state index in [1.807, 2.05) is 0 Å². The van der Waals surface area contributed by atoms with Gasteiger partial charge in [-0.25, -0.2) is 5.06 Å². The zero-order valence-electron chi connectivity index (χ0n) is 14.9. The lowest BCUT2D eigenvalue weighted by molar-refractivity contribution is -0.176. The first-order valence-corrected chi connectivity index (χ1v) is 10.2. The van der Waals surface area contributed by atoms with E-state index in [0.29, 0.717) is 0 Å². The highest BCUT2D eigenvalue weighted by Crippen LogP contribution is 2.39. The average Bonchev–Trinajstić information content (AvgIpc) is 2.40. The Morgan fingerprint density at radius 1 is 1.24 bits per heavy atom. The second-order valence-corrected chi connectivity index (χ2v) is 11.9. The van der Waals surface area contributed by atoms with Gasteiger partial charge in [-0.2, -0.15) is 0 Å². The summed E-state index contributed by atoms with van der Waals surface area (Å²) in [5.74, 6) is -0.970. The summed E-state index contributed by atoms with van der Waals surface area (Å²) in [5.41, 5.74) is 0. The Kier molecular flexibility index (Phi) is 7.25. The molecule has 6 heteroatoms. The van der Waals surface area contributed by atoms with Crippen molar-refractivity contribution in [2.75, 3.05) is 14.2 Å². The van der Waals surface area contributed by atoms with E-state index in [9.17, 15) is 9.59 Å². The third kappa shape index (κ3) is 5.20. The summed E-state index contributed by atoms with van der Waals surface area (Å²) in [6.07, 6.45) is 0.419. The van der Waals surface area contributed by atoms with Crippen molar-refractivity contribution in [3.63, 3.8) is 0 Å². The molecule has 0 N–H and O–H groups in total. The Hall–Kier alpha value is -0.723. The van der Waals surface area contributed by atoms with Crippen LogP contribution in [0.1, 0.15) is 34.6 Å². The number of nitrogens with zero attached hydrogens (tertiary/aromatic N) is 1. The molecule has 0 radical (unpaired) electrons. The summed E-state index contributed by atoms with van der Waals surface area (Å²) in [7, 11) is 0.934. The van der Waals surface area contributed by atoms with Gasteiger partial charge in [0.05, 0.1) is 19.1 Å². The predicted octanol–water partition coefficient (Wildman–Crippen LogP) is 2.87. The number of rotatable bonds is 7. The summed E-state index contributed by atoms with van der Waals surface area (Å²) in [6.45, 7) is 14.2. The fraction of sp³-hybridized carbons (Fsp3) is 0.867. The highest BCUT2D eigenvalue weighted by atomic mass is 28.4. The molecule has 0 saturated heterocycles. The van der Waals surface area contributed by atoms with Crippen molar-refractivity contribution in [2.24, 2.45) is 11.8 Å². The van der Waals surface area contributed by atoms with Gasteiger partial charge in [0.15, 0.2) is 8.32 Å². The molecule has 0 aliphatic heterocycles. The lowest BCUT2D eigenvalue weighted by Gasteiger charge is -2.42. The smallest absolute Gasteiger partial charge is 0.251 e. The van der Waals surface area contributed by atoms with Gasteiger partial charge in [0.25, 0.3) is 5.91 Å². The lowest BCUT2D eigenvalue weighted by Crippen LogP contribution is -2.50. The van der Waals surface area contributed by atoms with Crippen LogP contribution in [-0.2, 0) is 18.9 Å². The number of carbonyl (C=O) groups excluding carboxylic acids is 2. The lowest BCUT2D eigenvalue weighted by atomic mass is 9.94. The van der Waals surface area contributed by atoms with Crippen molar-refractivity contribution in [1.82, 2.24) is 5.06 Å². The van der Waals surface area contributed by atoms with Crippen molar-refractivity contribution in [3.8, 4) is 0 Å². The molecule has 0 fully saturated rings. The van der Waals surface area contributed by atoms with Crippen LogP contribution >= 0.6 is 0 Å². The number of carbonyl (C=O) groups is 2. The van der Waals surface area contributed by atoms with Crippen LogP contribution in [0.3, 0.4) is 0 Å². The summed E-state index contributed by atoms with van der Waals surface area (Å²) in [5, 5.41) is 1.20. The first-order chi connectivity index (χ1) is 9.39. The van der Waals surface area contributed by atoms with E-state index >= 15 is 0 Å². The van der Waals surface area contributed by atoms with Crippen LogP contribution in [0.2, 0.25) is 18.1 Å². The topological polar surface area (TPSA) is 55.8 Å². The van der Waals surface area contributed by atoms with Crippen LogP contribution < -0.4 is 0 Å². The molecular formula is C15H31NO4Si. The van der Waals surface area contributed by atoms with Crippen molar-refractivity contribution in [2.45, 2.75) is 58.9 Å². The maximum absolute atomic E-state index is 12.3. The number of hydrogen-bond donors (Lipinski definition) is 0. The first-order valence-electron chi connectivity index (χ1n) is 7.33. The Balaban J connectivity index is 5.33. The third-order valence-corrected chi connectivity index (χ3v) is 8.91. The van der Waals surface area contributed by atoms with Gasteiger partial charge < -0.3 is 9.22 Å². The molecule has 21 heavy (non-hydrogen) atoms. The molecule has 5 nitrogen and oxygen atoms in total. The largest absolute Gasteiger partial charge is 0.412 e. The number of hydroxylamine groups is 2. The van der Waals surface area contributed by atoms with Gasteiger partial charge in [0.2, 0.25) is 0 Å². The van der Waals surface area contributed by atoms with E-state index in [-0.39, 0.29) is 16.9 Å². The van der Waals surface area contributed by atoms with E-state index < -0.39 is 20.3 Å². The van der Waals surface area contributed by atoms with Gasteiger partial charge in [-0.05, 0) is 18.1 Å². The van der Waals surface area contributed by atoms with Crippen molar-refractivity contribution in [1.29, 1.82) is 0 Å². The molecule has 0 aromatic carbocycles. The fourth-order valence-electron chi connectivity index (χ4n) is 1.78. The molecule has 124 valence electrons. The van der Waals surface area contributed by atoms with Crippen molar-refractivity contribution < 1.29 is 18.9 Å². The van der Waals surface area contributed by atoms with Gasteiger partial charge in [-0.15, -0.1) is 0 Å². The summed E-state index contributed by atoms with van der Waals surface area (Å²) >= 11 is 0. The van der Waals surface area contributed by atoms with E-state index in [2.05, 4.69) is 33.9 Å².